The molecule has 0 aliphatic carbocycles. The van der Waals surface area contributed by atoms with Crippen molar-refractivity contribution in [3.05, 3.63) is 66.3 Å². The van der Waals surface area contributed by atoms with Crippen LogP contribution >= 0.6 is 0 Å². The van der Waals surface area contributed by atoms with Crippen molar-refractivity contribution in [2.45, 2.75) is 12.8 Å². The molecule has 0 saturated heterocycles. The molecule has 0 bridgehead atoms. The van der Waals surface area contributed by atoms with Gasteiger partial charge in [-0.15, -0.1) is 0 Å². The van der Waals surface area contributed by atoms with Crippen LogP contribution < -0.4 is 11.1 Å². The number of carbonyl (C=O) groups excluding carboxylic acids is 1. The monoisotopic (exact) mass is 409 g/mol. The molecule has 1 aromatic carbocycles. The number of carbonyl (C=O) groups is 1. The van der Waals surface area contributed by atoms with Gasteiger partial charge in [-0.25, -0.2) is 14.4 Å². The number of hydrogen-bond donors (Lipinski definition) is 3. The van der Waals surface area contributed by atoms with Crippen LogP contribution in [0.5, 0.6) is 0 Å². The Morgan fingerprint density at radius 3 is 2.83 bits per heavy atom. The molecule has 4 N–H and O–H groups in total. The van der Waals surface area contributed by atoms with E-state index in [4.69, 9.17) is 15.4 Å². The summed E-state index contributed by atoms with van der Waals surface area (Å²) in [5.41, 5.74) is 7.01. The van der Waals surface area contributed by atoms with Crippen molar-refractivity contribution in [3.8, 4) is 22.9 Å². The Morgan fingerprint density at radius 1 is 1.27 bits per heavy atom. The summed E-state index contributed by atoms with van der Waals surface area (Å²) in [4.78, 5) is 20.0. The predicted molar refractivity (Wildman–Crippen MR) is 103 cm³/mol. The van der Waals surface area contributed by atoms with Crippen molar-refractivity contribution >= 4 is 11.7 Å². The maximum absolute atomic E-state index is 14.1. The Morgan fingerprint density at radius 2 is 2.10 bits per heavy atom. The van der Waals surface area contributed by atoms with E-state index >= 15 is 0 Å². The number of aromatic nitrogens is 5. The Hall–Kier alpha value is -3.96. The molecule has 1 unspecified atom stereocenters. The van der Waals surface area contributed by atoms with Crippen LogP contribution in [0.2, 0.25) is 0 Å². The van der Waals surface area contributed by atoms with Crippen LogP contribution in [0.1, 0.15) is 5.56 Å². The molecule has 0 aliphatic rings. The SMILES string of the molecule is NC(O)C(=O)Nc1ccnc(-c2cc(-c3ccon3)n(Cc3ccccc3F)n2)n1. The Labute approximate surface area is 169 Å². The molecular formula is C19H16FN7O3. The molecule has 0 fully saturated rings. The molecule has 4 rings (SSSR count). The van der Waals surface area contributed by atoms with E-state index in [0.29, 0.717) is 22.6 Å². The van der Waals surface area contributed by atoms with E-state index in [9.17, 15) is 9.18 Å². The summed E-state index contributed by atoms with van der Waals surface area (Å²) in [5.74, 6) is -0.826. The standard InChI is InChI=1S/C19H16FN7O3/c20-12-4-2-1-3-11(12)10-27-15(13-6-8-30-26-13)9-14(25-27)18-22-7-5-16(23-18)24-19(29)17(21)28/h1-9,17,28H,10,21H2,(H,22,23,24,29). The van der Waals surface area contributed by atoms with E-state index in [0.717, 1.165) is 0 Å². The highest BCUT2D eigenvalue weighted by atomic mass is 19.1. The van der Waals surface area contributed by atoms with Crippen LogP contribution in [0.3, 0.4) is 0 Å². The van der Waals surface area contributed by atoms with Crippen LogP contribution in [-0.2, 0) is 11.3 Å². The number of anilines is 1. The van der Waals surface area contributed by atoms with Gasteiger partial charge in [-0.2, -0.15) is 5.10 Å². The van der Waals surface area contributed by atoms with E-state index in [2.05, 4.69) is 25.5 Å². The Bertz CT molecular complexity index is 1170. The average molecular weight is 409 g/mol. The quantitative estimate of drug-likeness (QED) is 0.405. The number of nitrogens with two attached hydrogens (primary N) is 1. The van der Waals surface area contributed by atoms with Crippen LogP contribution in [-0.4, -0.2) is 42.1 Å². The first-order valence-electron chi connectivity index (χ1n) is 8.81. The summed E-state index contributed by atoms with van der Waals surface area (Å²) in [5, 5.41) is 19.9. The number of nitrogens with one attached hydrogen (secondary N) is 1. The van der Waals surface area contributed by atoms with Crippen molar-refractivity contribution in [2.75, 3.05) is 5.32 Å². The minimum Gasteiger partial charge on any atom is -0.370 e. The smallest absolute Gasteiger partial charge is 0.269 e. The normalized spacial score (nSPS) is 12.0. The number of nitrogens with zero attached hydrogens (tertiary/aromatic N) is 5. The number of halogens is 1. The first-order chi connectivity index (χ1) is 14.5. The number of rotatable bonds is 6. The topological polar surface area (TPSA) is 145 Å². The first kappa shape index (κ1) is 19.4. The highest BCUT2D eigenvalue weighted by molar-refractivity contribution is 5.92. The van der Waals surface area contributed by atoms with E-state index in [1.54, 1.807) is 35.0 Å². The molecule has 3 aromatic heterocycles. The first-order valence-corrected chi connectivity index (χ1v) is 8.81. The van der Waals surface area contributed by atoms with Crippen LogP contribution in [0.15, 0.2) is 59.4 Å². The van der Waals surface area contributed by atoms with Gasteiger partial charge in [0.15, 0.2) is 12.1 Å². The summed E-state index contributed by atoms with van der Waals surface area (Å²) in [6.45, 7) is 0.144. The molecule has 11 heteroatoms. The Kier molecular flexibility index (Phi) is 5.28. The van der Waals surface area contributed by atoms with E-state index in [1.165, 1.54) is 24.6 Å². The third-order valence-corrected chi connectivity index (χ3v) is 4.16. The highest BCUT2D eigenvalue weighted by Gasteiger charge is 2.18. The zero-order valence-electron chi connectivity index (χ0n) is 15.4. The molecule has 0 aliphatic heterocycles. The minimum absolute atomic E-state index is 0.140. The fourth-order valence-corrected chi connectivity index (χ4v) is 2.74. The fraction of sp³-hybridized carbons (Fsp3) is 0.105. The number of amides is 1. The summed E-state index contributed by atoms with van der Waals surface area (Å²) in [6, 6.07) is 11.1. The van der Waals surface area contributed by atoms with Crippen LogP contribution in [0.4, 0.5) is 10.2 Å². The number of benzene rings is 1. The second-order valence-electron chi connectivity index (χ2n) is 6.25. The van der Waals surface area contributed by atoms with Crippen molar-refractivity contribution in [2.24, 2.45) is 5.73 Å². The molecule has 0 radical (unpaired) electrons. The number of aliphatic hydroxyl groups is 1. The predicted octanol–water partition coefficient (Wildman–Crippen LogP) is 1.40. The van der Waals surface area contributed by atoms with Gasteiger partial charge in [-0.05, 0) is 18.2 Å². The van der Waals surface area contributed by atoms with Gasteiger partial charge in [0.25, 0.3) is 5.91 Å². The zero-order valence-corrected chi connectivity index (χ0v) is 15.4. The summed E-state index contributed by atoms with van der Waals surface area (Å²) in [7, 11) is 0. The molecule has 1 amide bonds. The highest BCUT2D eigenvalue weighted by Crippen LogP contribution is 2.25. The second kappa shape index (κ2) is 8.19. The third kappa shape index (κ3) is 4.06. The lowest BCUT2D eigenvalue weighted by Crippen LogP contribution is -2.35. The van der Waals surface area contributed by atoms with Crippen molar-refractivity contribution in [1.82, 2.24) is 24.9 Å². The molecule has 1 atom stereocenters. The number of hydrogen-bond acceptors (Lipinski definition) is 8. The molecule has 4 aromatic rings. The van der Waals surface area contributed by atoms with Crippen molar-refractivity contribution in [1.29, 1.82) is 0 Å². The zero-order chi connectivity index (χ0) is 21.1. The summed E-state index contributed by atoms with van der Waals surface area (Å²) >= 11 is 0. The van der Waals surface area contributed by atoms with Gasteiger partial charge in [-0.3, -0.25) is 15.2 Å². The largest absolute Gasteiger partial charge is 0.370 e. The van der Waals surface area contributed by atoms with Crippen LogP contribution in [0, 0.1) is 5.82 Å². The Balaban J connectivity index is 1.71. The maximum Gasteiger partial charge on any atom is 0.269 e. The van der Waals surface area contributed by atoms with Crippen molar-refractivity contribution < 1.29 is 18.8 Å². The van der Waals surface area contributed by atoms with Crippen molar-refractivity contribution in [3.63, 3.8) is 0 Å². The minimum atomic E-state index is -1.68. The molecule has 30 heavy (non-hydrogen) atoms. The molecule has 0 spiro atoms. The molecule has 10 nitrogen and oxygen atoms in total. The van der Waals surface area contributed by atoms with Gasteiger partial charge >= 0.3 is 0 Å². The second-order valence-corrected chi connectivity index (χ2v) is 6.25. The van der Waals surface area contributed by atoms with E-state index in [1.807, 2.05) is 0 Å². The molecule has 3 heterocycles. The summed E-state index contributed by atoms with van der Waals surface area (Å²) in [6.07, 6.45) is 1.16. The summed E-state index contributed by atoms with van der Waals surface area (Å²) < 4.78 is 20.6. The molecule has 152 valence electrons. The van der Waals surface area contributed by atoms with Gasteiger partial charge in [0.2, 0.25) is 0 Å². The fourth-order valence-electron chi connectivity index (χ4n) is 2.74. The van der Waals surface area contributed by atoms with Gasteiger partial charge < -0.3 is 14.9 Å². The third-order valence-electron chi connectivity index (χ3n) is 4.16. The average Bonchev–Trinajstić information content (AvgIpc) is 3.40. The lowest BCUT2D eigenvalue weighted by atomic mass is 10.2. The van der Waals surface area contributed by atoms with Crippen LogP contribution in [0.25, 0.3) is 22.9 Å². The van der Waals surface area contributed by atoms with E-state index < -0.39 is 12.1 Å². The number of aliphatic hydroxyl groups excluding tert-OH is 1. The van der Waals surface area contributed by atoms with Gasteiger partial charge in [0, 0.05) is 17.8 Å². The van der Waals surface area contributed by atoms with Gasteiger partial charge in [0.05, 0.1) is 12.2 Å². The lowest BCUT2D eigenvalue weighted by Gasteiger charge is -2.07. The van der Waals surface area contributed by atoms with E-state index in [-0.39, 0.29) is 24.0 Å². The maximum atomic E-state index is 14.1. The van der Waals surface area contributed by atoms with Gasteiger partial charge in [0.1, 0.15) is 29.3 Å². The van der Waals surface area contributed by atoms with Gasteiger partial charge in [-0.1, -0.05) is 23.4 Å². The molecular weight excluding hydrogens is 393 g/mol. The lowest BCUT2D eigenvalue weighted by molar-refractivity contribution is -0.123. The molecule has 0 saturated carbocycles.